The third-order valence-corrected chi connectivity index (χ3v) is 9.02. The number of hydrogen-bond donors (Lipinski definition) is 0. The topological polar surface area (TPSA) is 78.7 Å². The van der Waals surface area contributed by atoms with E-state index < -0.39 is 0 Å². The Balaban J connectivity index is 1.25. The molecular formula is C40H27N5O2. The second-order valence-corrected chi connectivity index (χ2v) is 11.8. The molecule has 9 aromatic rings. The van der Waals surface area contributed by atoms with Crippen molar-refractivity contribution in [2.45, 2.75) is 0 Å². The molecule has 0 aliphatic heterocycles. The Morgan fingerprint density at radius 1 is 0.532 bits per heavy atom. The van der Waals surface area contributed by atoms with Gasteiger partial charge in [-0.2, -0.15) is 0 Å². The van der Waals surface area contributed by atoms with Crippen LogP contribution in [0.1, 0.15) is 0 Å². The van der Waals surface area contributed by atoms with Gasteiger partial charge in [0.1, 0.15) is 11.2 Å². The highest BCUT2D eigenvalue weighted by atomic mass is 16.3. The van der Waals surface area contributed by atoms with Gasteiger partial charge in [-0.15, -0.1) is 0 Å². The van der Waals surface area contributed by atoms with Gasteiger partial charge >= 0.3 is 5.69 Å². The molecule has 47 heavy (non-hydrogen) atoms. The van der Waals surface area contributed by atoms with E-state index in [1.807, 2.05) is 78.9 Å². The van der Waals surface area contributed by atoms with E-state index in [1.54, 1.807) is 23.2 Å². The van der Waals surface area contributed by atoms with Crippen LogP contribution < -0.4 is 5.69 Å². The lowest BCUT2D eigenvalue weighted by Crippen LogP contribution is -2.19. The van der Waals surface area contributed by atoms with Crippen LogP contribution >= 0.6 is 0 Å². The Hall–Kier alpha value is -6.34. The second kappa shape index (κ2) is 10.4. The minimum absolute atomic E-state index is 0.0503. The molecule has 224 valence electrons. The van der Waals surface area contributed by atoms with Crippen molar-refractivity contribution < 1.29 is 4.42 Å². The normalized spacial score (nSPS) is 11.7. The zero-order valence-electron chi connectivity index (χ0n) is 25.7. The first kappa shape index (κ1) is 27.0. The summed E-state index contributed by atoms with van der Waals surface area (Å²) >= 11 is 0. The number of rotatable bonds is 4. The first-order valence-electron chi connectivity index (χ1n) is 15.4. The number of imidazole rings is 1. The van der Waals surface area contributed by atoms with Crippen molar-refractivity contribution in [3.8, 4) is 45.3 Å². The van der Waals surface area contributed by atoms with E-state index in [-0.39, 0.29) is 5.69 Å². The van der Waals surface area contributed by atoms with Crippen LogP contribution in [-0.2, 0) is 14.1 Å². The molecule has 0 unspecified atom stereocenters. The molecule has 7 heteroatoms. The van der Waals surface area contributed by atoms with Crippen molar-refractivity contribution in [1.29, 1.82) is 0 Å². The maximum Gasteiger partial charge on any atom is 0.328 e. The maximum atomic E-state index is 12.6. The molecule has 3 heterocycles. The van der Waals surface area contributed by atoms with Crippen molar-refractivity contribution in [3.05, 3.63) is 138 Å². The van der Waals surface area contributed by atoms with Gasteiger partial charge in [-0.1, -0.05) is 97.1 Å². The number of fused-ring (bicyclic) bond motifs is 6. The maximum absolute atomic E-state index is 12.6. The van der Waals surface area contributed by atoms with Gasteiger partial charge in [0.15, 0.2) is 17.5 Å². The predicted molar refractivity (Wildman–Crippen MR) is 188 cm³/mol. The fourth-order valence-electron chi connectivity index (χ4n) is 6.61. The molecule has 0 aliphatic rings. The zero-order valence-corrected chi connectivity index (χ0v) is 25.7. The van der Waals surface area contributed by atoms with E-state index in [2.05, 4.69) is 48.5 Å². The predicted octanol–water partition coefficient (Wildman–Crippen LogP) is 8.78. The standard InChI is InChI=1S/C40H27N5O2/c1-44-32-21-19-27(23-33(32)45(2)40(44)46)26-13-8-14-28(22-26)38-41-37(25-11-4-3-5-12-25)42-39(43-38)31-16-9-17-34-35(31)30-20-18-24-10-6-7-15-29(24)36(30)47-34/h3-23H,1-2H3. The Bertz CT molecular complexity index is 2740. The average Bonchev–Trinajstić information content (AvgIpc) is 3.62. The molecule has 0 aliphatic carbocycles. The van der Waals surface area contributed by atoms with E-state index in [0.29, 0.717) is 17.5 Å². The largest absolute Gasteiger partial charge is 0.455 e. The molecular weight excluding hydrogens is 582 g/mol. The number of nitrogens with zero attached hydrogens (tertiary/aromatic N) is 5. The van der Waals surface area contributed by atoms with Crippen LogP contribution in [0.4, 0.5) is 0 Å². The number of hydrogen-bond acceptors (Lipinski definition) is 5. The molecule has 9 rings (SSSR count). The van der Waals surface area contributed by atoms with Crippen molar-refractivity contribution in [2.24, 2.45) is 14.1 Å². The summed E-state index contributed by atoms with van der Waals surface area (Å²) in [5.41, 5.74) is 7.99. The van der Waals surface area contributed by atoms with E-state index >= 15 is 0 Å². The smallest absolute Gasteiger partial charge is 0.328 e. The number of aromatic nitrogens is 5. The quantitative estimate of drug-likeness (QED) is 0.199. The van der Waals surface area contributed by atoms with Gasteiger partial charge in [-0.05, 0) is 46.8 Å². The molecule has 0 amide bonds. The van der Waals surface area contributed by atoms with Gasteiger partial charge in [-0.3, -0.25) is 9.13 Å². The zero-order chi connectivity index (χ0) is 31.6. The van der Waals surface area contributed by atoms with Gasteiger partial charge in [0, 0.05) is 46.9 Å². The molecule has 0 bridgehead atoms. The van der Waals surface area contributed by atoms with E-state index in [1.165, 1.54) is 0 Å². The Kier molecular flexibility index (Phi) is 5.95. The Morgan fingerprint density at radius 2 is 1.21 bits per heavy atom. The van der Waals surface area contributed by atoms with Crippen molar-refractivity contribution >= 4 is 43.7 Å². The summed E-state index contributed by atoms with van der Waals surface area (Å²) in [5.74, 6) is 1.73. The van der Waals surface area contributed by atoms with Crippen LogP contribution in [-0.4, -0.2) is 24.1 Å². The number of furan rings is 1. The highest BCUT2D eigenvalue weighted by molar-refractivity contribution is 6.18. The fourth-order valence-corrected chi connectivity index (χ4v) is 6.61. The molecule has 0 fully saturated rings. The van der Waals surface area contributed by atoms with Gasteiger partial charge in [0.2, 0.25) is 0 Å². The molecule has 0 saturated heterocycles. The van der Waals surface area contributed by atoms with Crippen LogP contribution in [0, 0.1) is 0 Å². The van der Waals surface area contributed by atoms with Crippen molar-refractivity contribution in [3.63, 3.8) is 0 Å². The van der Waals surface area contributed by atoms with Gasteiger partial charge < -0.3 is 4.42 Å². The molecule has 7 nitrogen and oxygen atoms in total. The summed E-state index contributed by atoms with van der Waals surface area (Å²) in [6.07, 6.45) is 0. The van der Waals surface area contributed by atoms with Crippen LogP contribution in [0.2, 0.25) is 0 Å². The summed E-state index contributed by atoms with van der Waals surface area (Å²) < 4.78 is 9.82. The highest BCUT2D eigenvalue weighted by Crippen LogP contribution is 2.39. The lowest BCUT2D eigenvalue weighted by Gasteiger charge is -2.10. The molecule has 0 radical (unpaired) electrons. The minimum atomic E-state index is -0.0503. The number of aryl methyl sites for hydroxylation is 2. The summed E-state index contributed by atoms with van der Waals surface area (Å²) in [6.45, 7) is 0. The summed E-state index contributed by atoms with van der Waals surface area (Å²) in [7, 11) is 3.59. The van der Waals surface area contributed by atoms with Gasteiger partial charge in [0.25, 0.3) is 0 Å². The van der Waals surface area contributed by atoms with E-state index in [9.17, 15) is 4.79 Å². The third kappa shape index (κ3) is 4.28. The van der Waals surface area contributed by atoms with Crippen LogP contribution in [0.25, 0.3) is 89.0 Å². The average molecular weight is 610 g/mol. The second-order valence-electron chi connectivity index (χ2n) is 11.8. The summed E-state index contributed by atoms with van der Waals surface area (Å²) in [4.78, 5) is 27.7. The van der Waals surface area contributed by atoms with Crippen LogP contribution in [0.15, 0.2) is 137 Å². The first-order valence-corrected chi connectivity index (χ1v) is 15.4. The molecule has 3 aromatic heterocycles. The lowest BCUT2D eigenvalue weighted by molar-refractivity contribution is 0.672. The fraction of sp³-hybridized carbons (Fsp3) is 0.0500. The molecule has 6 aromatic carbocycles. The monoisotopic (exact) mass is 609 g/mol. The summed E-state index contributed by atoms with van der Waals surface area (Å²) in [6, 6.07) is 42.8. The van der Waals surface area contributed by atoms with E-state index in [0.717, 1.165) is 71.6 Å². The highest BCUT2D eigenvalue weighted by Gasteiger charge is 2.19. The van der Waals surface area contributed by atoms with Gasteiger partial charge in [0.05, 0.1) is 11.0 Å². The molecule has 0 N–H and O–H groups in total. The molecule has 0 spiro atoms. The SMILES string of the molecule is Cn1c(=O)n(C)c2cc(-c3cccc(-c4nc(-c5ccccc5)nc(-c5cccc6oc7c8ccccc8ccc7c56)n4)c3)ccc21. The Labute approximate surface area is 269 Å². The Morgan fingerprint density at radius 3 is 2.09 bits per heavy atom. The molecule has 0 saturated carbocycles. The summed E-state index contributed by atoms with van der Waals surface area (Å²) in [5, 5.41) is 4.19. The van der Waals surface area contributed by atoms with Crippen LogP contribution in [0.3, 0.4) is 0 Å². The minimum Gasteiger partial charge on any atom is -0.455 e. The van der Waals surface area contributed by atoms with E-state index in [4.69, 9.17) is 19.4 Å². The third-order valence-electron chi connectivity index (χ3n) is 9.02. The van der Waals surface area contributed by atoms with Crippen molar-refractivity contribution in [2.75, 3.05) is 0 Å². The lowest BCUT2D eigenvalue weighted by atomic mass is 10.0. The molecule has 0 atom stereocenters. The van der Waals surface area contributed by atoms with Gasteiger partial charge in [-0.25, -0.2) is 19.7 Å². The number of benzene rings is 6. The van der Waals surface area contributed by atoms with Crippen LogP contribution in [0.5, 0.6) is 0 Å². The first-order chi connectivity index (χ1) is 23.0. The van der Waals surface area contributed by atoms with Crippen molar-refractivity contribution in [1.82, 2.24) is 24.1 Å².